The van der Waals surface area contributed by atoms with Crippen molar-refractivity contribution in [1.82, 2.24) is 0 Å². The summed E-state index contributed by atoms with van der Waals surface area (Å²) >= 11 is 0. The Morgan fingerprint density at radius 1 is 0.958 bits per heavy atom. The van der Waals surface area contributed by atoms with E-state index in [1.54, 1.807) is 11.0 Å². The number of anilines is 1. The Bertz CT molecular complexity index is 685. The molecular formula is C19H21NO4. The topological polar surface area (TPSA) is 55.8 Å². The van der Waals surface area contributed by atoms with Gasteiger partial charge < -0.3 is 14.4 Å². The average Bonchev–Trinajstić information content (AvgIpc) is 2.61. The Morgan fingerprint density at radius 2 is 1.62 bits per heavy atom. The van der Waals surface area contributed by atoms with Gasteiger partial charge in [0, 0.05) is 12.2 Å². The van der Waals surface area contributed by atoms with E-state index in [0.717, 1.165) is 11.3 Å². The van der Waals surface area contributed by atoms with E-state index in [0.29, 0.717) is 12.3 Å². The van der Waals surface area contributed by atoms with E-state index in [4.69, 9.17) is 9.47 Å². The number of rotatable bonds is 7. The minimum Gasteiger partial charge on any atom is -0.482 e. The fourth-order valence-corrected chi connectivity index (χ4v) is 2.23. The van der Waals surface area contributed by atoms with Gasteiger partial charge in [0.05, 0.1) is 0 Å². The van der Waals surface area contributed by atoms with E-state index in [-0.39, 0.29) is 19.1 Å². The zero-order valence-electron chi connectivity index (χ0n) is 13.9. The molecule has 0 saturated heterocycles. The molecule has 2 rings (SSSR count). The predicted molar refractivity (Wildman–Crippen MR) is 92.1 cm³/mol. The number of hydrogen-bond acceptors (Lipinski definition) is 4. The molecule has 0 radical (unpaired) electrons. The van der Waals surface area contributed by atoms with Crippen molar-refractivity contribution < 1.29 is 19.1 Å². The Hall–Kier alpha value is -2.82. The molecule has 5 heteroatoms. The molecule has 0 fully saturated rings. The van der Waals surface area contributed by atoms with Crippen LogP contribution in [-0.4, -0.2) is 31.6 Å². The van der Waals surface area contributed by atoms with Gasteiger partial charge in [-0.15, -0.1) is 0 Å². The highest BCUT2D eigenvalue weighted by atomic mass is 16.6. The van der Waals surface area contributed by atoms with Crippen LogP contribution in [0.25, 0.3) is 0 Å². The fraction of sp³-hybridized carbons (Fsp3) is 0.263. The number of carbonyl (C=O) groups excluding carboxylic acids is 2. The first kappa shape index (κ1) is 17.5. The predicted octanol–water partition coefficient (Wildman–Crippen LogP) is 2.97. The third-order valence-electron chi connectivity index (χ3n) is 3.48. The Labute approximate surface area is 141 Å². The number of esters is 1. The van der Waals surface area contributed by atoms with Crippen LogP contribution in [-0.2, 0) is 14.3 Å². The second-order valence-electron chi connectivity index (χ2n) is 5.19. The smallest absolute Gasteiger partial charge is 0.344 e. The third kappa shape index (κ3) is 4.84. The first-order valence-electron chi connectivity index (χ1n) is 7.81. The summed E-state index contributed by atoms with van der Waals surface area (Å²) in [6.45, 7) is 3.73. The summed E-state index contributed by atoms with van der Waals surface area (Å²) in [4.78, 5) is 25.5. The van der Waals surface area contributed by atoms with Gasteiger partial charge in [-0.1, -0.05) is 36.4 Å². The SMILES string of the molecule is CCN(C(=O)COC(=O)COc1ccccc1C)c1ccccc1. The molecule has 0 bridgehead atoms. The van der Waals surface area contributed by atoms with Crippen molar-refractivity contribution >= 4 is 17.6 Å². The van der Waals surface area contributed by atoms with E-state index in [2.05, 4.69) is 0 Å². The normalized spacial score (nSPS) is 10.1. The monoisotopic (exact) mass is 327 g/mol. The molecule has 0 aliphatic carbocycles. The molecule has 0 aliphatic heterocycles. The van der Waals surface area contributed by atoms with Crippen molar-refractivity contribution in [1.29, 1.82) is 0 Å². The zero-order valence-corrected chi connectivity index (χ0v) is 13.9. The number of aryl methyl sites for hydroxylation is 1. The molecule has 0 aromatic heterocycles. The van der Waals surface area contributed by atoms with Crippen LogP contribution in [0.3, 0.4) is 0 Å². The lowest BCUT2D eigenvalue weighted by Gasteiger charge is -2.20. The van der Waals surface area contributed by atoms with Crippen LogP contribution in [0.1, 0.15) is 12.5 Å². The van der Waals surface area contributed by atoms with Crippen molar-refractivity contribution in [2.24, 2.45) is 0 Å². The second-order valence-corrected chi connectivity index (χ2v) is 5.19. The highest BCUT2D eigenvalue weighted by molar-refractivity contribution is 5.95. The van der Waals surface area contributed by atoms with Gasteiger partial charge in [0.25, 0.3) is 5.91 Å². The van der Waals surface area contributed by atoms with Crippen molar-refractivity contribution in [3.05, 3.63) is 60.2 Å². The van der Waals surface area contributed by atoms with Gasteiger partial charge in [0.2, 0.25) is 0 Å². The number of benzene rings is 2. The quantitative estimate of drug-likeness (QED) is 0.734. The maximum absolute atomic E-state index is 12.2. The Kier molecular flexibility index (Phi) is 6.37. The highest BCUT2D eigenvalue weighted by Crippen LogP contribution is 2.16. The molecule has 2 aromatic rings. The molecule has 2 aromatic carbocycles. The number of amides is 1. The van der Waals surface area contributed by atoms with E-state index in [1.165, 1.54) is 0 Å². The number of carbonyl (C=O) groups is 2. The van der Waals surface area contributed by atoms with Gasteiger partial charge in [0.15, 0.2) is 13.2 Å². The Balaban J connectivity index is 1.82. The van der Waals surface area contributed by atoms with Gasteiger partial charge in [0.1, 0.15) is 5.75 Å². The molecule has 0 saturated carbocycles. The van der Waals surface area contributed by atoms with E-state index < -0.39 is 5.97 Å². The van der Waals surface area contributed by atoms with Crippen LogP contribution in [0.5, 0.6) is 5.75 Å². The summed E-state index contributed by atoms with van der Waals surface area (Å²) in [6.07, 6.45) is 0. The molecule has 5 nitrogen and oxygen atoms in total. The first-order valence-corrected chi connectivity index (χ1v) is 7.81. The number of para-hydroxylation sites is 2. The molecule has 24 heavy (non-hydrogen) atoms. The van der Waals surface area contributed by atoms with Crippen molar-refractivity contribution in [2.45, 2.75) is 13.8 Å². The van der Waals surface area contributed by atoms with Crippen LogP contribution in [0.15, 0.2) is 54.6 Å². The minimum atomic E-state index is -0.573. The number of hydrogen-bond donors (Lipinski definition) is 0. The molecular weight excluding hydrogens is 306 g/mol. The largest absolute Gasteiger partial charge is 0.482 e. The Morgan fingerprint density at radius 3 is 2.29 bits per heavy atom. The van der Waals surface area contributed by atoms with Crippen molar-refractivity contribution in [3.63, 3.8) is 0 Å². The number of nitrogens with zero attached hydrogens (tertiary/aromatic N) is 1. The summed E-state index contributed by atoms with van der Waals surface area (Å²) in [6, 6.07) is 16.7. The van der Waals surface area contributed by atoms with Gasteiger partial charge in [-0.3, -0.25) is 4.79 Å². The lowest BCUT2D eigenvalue weighted by molar-refractivity contribution is -0.149. The van der Waals surface area contributed by atoms with E-state index in [9.17, 15) is 9.59 Å². The molecule has 126 valence electrons. The molecule has 0 atom stereocenters. The molecule has 0 N–H and O–H groups in total. The summed E-state index contributed by atoms with van der Waals surface area (Å²) in [7, 11) is 0. The maximum Gasteiger partial charge on any atom is 0.344 e. The van der Waals surface area contributed by atoms with Gasteiger partial charge in [-0.05, 0) is 37.6 Å². The molecule has 0 heterocycles. The van der Waals surface area contributed by atoms with E-state index >= 15 is 0 Å². The maximum atomic E-state index is 12.2. The van der Waals surface area contributed by atoms with Crippen LogP contribution < -0.4 is 9.64 Å². The number of ether oxygens (including phenoxy) is 2. The standard InChI is InChI=1S/C19H21NO4/c1-3-20(16-10-5-4-6-11-16)18(21)13-24-19(22)14-23-17-12-8-7-9-15(17)2/h4-12H,3,13-14H2,1-2H3. The van der Waals surface area contributed by atoms with Crippen LogP contribution >= 0.6 is 0 Å². The van der Waals surface area contributed by atoms with Gasteiger partial charge in [-0.25, -0.2) is 4.79 Å². The van der Waals surface area contributed by atoms with Gasteiger partial charge >= 0.3 is 5.97 Å². The fourth-order valence-electron chi connectivity index (χ4n) is 2.23. The first-order chi connectivity index (χ1) is 11.6. The third-order valence-corrected chi connectivity index (χ3v) is 3.48. The van der Waals surface area contributed by atoms with Gasteiger partial charge in [-0.2, -0.15) is 0 Å². The summed E-state index contributed by atoms with van der Waals surface area (Å²) in [5, 5.41) is 0. The lowest BCUT2D eigenvalue weighted by Crippen LogP contribution is -2.35. The highest BCUT2D eigenvalue weighted by Gasteiger charge is 2.16. The van der Waals surface area contributed by atoms with Crippen molar-refractivity contribution in [3.8, 4) is 5.75 Å². The summed E-state index contributed by atoms with van der Waals surface area (Å²) in [5.41, 5.74) is 1.71. The summed E-state index contributed by atoms with van der Waals surface area (Å²) < 4.78 is 10.4. The zero-order chi connectivity index (χ0) is 17.4. The number of likely N-dealkylation sites (N-methyl/N-ethyl adjacent to an activating group) is 1. The lowest BCUT2D eigenvalue weighted by atomic mass is 10.2. The molecule has 0 aliphatic rings. The molecule has 0 spiro atoms. The van der Waals surface area contributed by atoms with Crippen molar-refractivity contribution in [2.75, 3.05) is 24.7 Å². The molecule has 0 unspecified atom stereocenters. The van der Waals surface area contributed by atoms with Crippen LogP contribution in [0.2, 0.25) is 0 Å². The van der Waals surface area contributed by atoms with Crippen LogP contribution in [0, 0.1) is 6.92 Å². The van der Waals surface area contributed by atoms with E-state index in [1.807, 2.05) is 62.4 Å². The average molecular weight is 327 g/mol. The minimum absolute atomic E-state index is 0.227. The summed E-state index contributed by atoms with van der Waals surface area (Å²) in [5.74, 6) is -0.219. The second kappa shape index (κ2) is 8.72. The van der Waals surface area contributed by atoms with Crippen LogP contribution in [0.4, 0.5) is 5.69 Å². The molecule has 1 amide bonds.